The summed E-state index contributed by atoms with van der Waals surface area (Å²) in [6.45, 7) is 3.81. The van der Waals surface area contributed by atoms with Crippen molar-refractivity contribution in [1.82, 2.24) is 9.97 Å². The second kappa shape index (κ2) is 5.09. The molecule has 6 heteroatoms. The lowest BCUT2D eigenvalue weighted by atomic mass is 10.1. The third-order valence-corrected chi connectivity index (χ3v) is 4.47. The second-order valence-corrected chi connectivity index (χ2v) is 6.31. The number of fused-ring (bicyclic) bond motifs is 1. The number of aromatic nitrogens is 2. The van der Waals surface area contributed by atoms with E-state index in [1.165, 1.54) is 11.3 Å². The van der Waals surface area contributed by atoms with Crippen molar-refractivity contribution in [2.24, 2.45) is 0 Å². The fraction of sp³-hybridized carbons (Fsp3) is 0.133. The highest BCUT2D eigenvalue weighted by atomic mass is 35.5. The molecule has 0 aliphatic carbocycles. The van der Waals surface area contributed by atoms with E-state index in [2.05, 4.69) is 9.97 Å². The van der Waals surface area contributed by atoms with Crippen molar-refractivity contribution in [2.45, 2.75) is 13.8 Å². The van der Waals surface area contributed by atoms with Gasteiger partial charge in [-0.05, 0) is 32.0 Å². The van der Waals surface area contributed by atoms with Gasteiger partial charge < -0.3 is 5.11 Å². The average Bonchev–Trinajstić information content (AvgIpc) is 2.75. The minimum absolute atomic E-state index is 0.220. The van der Waals surface area contributed by atoms with Gasteiger partial charge in [0.05, 0.1) is 32.4 Å². The summed E-state index contributed by atoms with van der Waals surface area (Å²) < 4.78 is 0. The van der Waals surface area contributed by atoms with E-state index in [9.17, 15) is 9.90 Å². The summed E-state index contributed by atoms with van der Waals surface area (Å²) in [5, 5.41) is 11.5. The standard InChI is InChI=1S/C15H11ClN2O2S/c1-7-14(21-8(2)17-7)13-6-11(15(19)20)10-4-3-9(16)5-12(10)18-13/h3-6H,1-2H3,(H,19,20). The molecule has 4 nitrogen and oxygen atoms in total. The van der Waals surface area contributed by atoms with Crippen LogP contribution in [-0.2, 0) is 0 Å². The van der Waals surface area contributed by atoms with Crippen molar-refractivity contribution >= 4 is 39.8 Å². The summed E-state index contributed by atoms with van der Waals surface area (Å²) in [4.78, 5) is 21.3. The van der Waals surface area contributed by atoms with Gasteiger partial charge in [-0.1, -0.05) is 17.7 Å². The van der Waals surface area contributed by atoms with E-state index in [1.807, 2.05) is 13.8 Å². The SMILES string of the molecule is Cc1nc(C)c(-c2cc(C(=O)O)c3ccc(Cl)cc3n2)s1. The Bertz CT molecular complexity index is 873. The first-order chi connectivity index (χ1) is 9.95. The average molecular weight is 319 g/mol. The van der Waals surface area contributed by atoms with Crippen LogP contribution in [0.25, 0.3) is 21.5 Å². The van der Waals surface area contributed by atoms with Crippen LogP contribution >= 0.6 is 22.9 Å². The van der Waals surface area contributed by atoms with E-state index in [4.69, 9.17) is 11.6 Å². The van der Waals surface area contributed by atoms with Crippen LogP contribution in [0.15, 0.2) is 24.3 Å². The molecule has 0 unspecified atom stereocenters. The van der Waals surface area contributed by atoms with Gasteiger partial charge >= 0.3 is 5.97 Å². The van der Waals surface area contributed by atoms with Crippen molar-refractivity contribution in [3.8, 4) is 10.6 Å². The smallest absolute Gasteiger partial charge is 0.336 e. The molecule has 0 saturated heterocycles. The molecule has 1 aromatic carbocycles. The molecule has 0 atom stereocenters. The maximum absolute atomic E-state index is 11.5. The summed E-state index contributed by atoms with van der Waals surface area (Å²) in [5.74, 6) is -0.982. The van der Waals surface area contributed by atoms with Gasteiger partial charge in [-0.15, -0.1) is 11.3 Å². The summed E-state index contributed by atoms with van der Waals surface area (Å²) in [6.07, 6.45) is 0. The molecular weight excluding hydrogens is 308 g/mol. The first kappa shape index (κ1) is 14.0. The molecule has 0 fully saturated rings. The minimum Gasteiger partial charge on any atom is -0.478 e. The van der Waals surface area contributed by atoms with Gasteiger partial charge in [0.2, 0.25) is 0 Å². The fourth-order valence-corrected chi connectivity index (χ4v) is 3.31. The number of carbonyl (C=O) groups is 1. The number of rotatable bonds is 2. The van der Waals surface area contributed by atoms with Crippen molar-refractivity contribution in [3.63, 3.8) is 0 Å². The van der Waals surface area contributed by atoms with Crippen LogP contribution < -0.4 is 0 Å². The largest absolute Gasteiger partial charge is 0.478 e. The van der Waals surface area contributed by atoms with Crippen LogP contribution in [0.4, 0.5) is 0 Å². The Kier molecular flexibility index (Phi) is 3.39. The Hall–Kier alpha value is -1.98. The highest BCUT2D eigenvalue weighted by molar-refractivity contribution is 7.15. The van der Waals surface area contributed by atoms with E-state index in [0.717, 1.165) is 15.6 Å². The second-order valence-electron chi connectivity index (χ2n) is 4.67. The maximum Gasteiger partial charge on any atom is 0.336 e. The highest BCUT2D eigenvalue weighted by Gasteiger charge is 2.16. The lowest BCUT2D eigenvalue weighted by Crippen LogP contribution is -2.00. The lowest BCUT2D eigenvalue weighted by molar-refractivity contribution is 0.0699. The molecule has 0 aliphatic heterocycles. The molecule has 0 aliphatic rings. The molecular formula is C15H11ClN2O2S. The number of aryl methyl sites for hydroxylation is 2. The van der Waals surface area contributed by atoms with E-state index in [1.54, 1.807) is 24.3 Å². The lowest BCUT2D eigenvalue weighted by Gasteiger charge is -2.06. The van der Waals surface area contributed by atoms with E-state index in [-0.39, 0.29) is 5.56 Å². The fourth-order valence-electron chi connectivity index (χ4n) is 2.26. The van der Waals surface area contributed by atoms with Gasteiger partial charge in [0.25, 0.3) is 0 Å². The monoisotopic (exact) mass is 318 g/mol. The molecule has 0 saturated carbocycles. The van der Waals surface area contributed by atoms with Crippen molar-refractivity contribution in [3.05, 3.63) is 45.6 Å². The van der Waals surface area contributed by atoms with Crippen molar-refractivity contribution in [2.75, 3.05) is 0 Å². The first-order valence-electron chi connectivity index (χ1n) is 6.23. The van der Waals surface area contributed by atoms with E-state index in [0.29, 0.717) is 21.6 Å². The van der Waals surface area contributed by atoms with Crippen LogP contribution in [0.2, 0.25) is 5.02 Å². The molecule has 0 spiro atoms. The normalized spacial score (nSPS) is 11.0. The Labute approximate surface area is 130 Å². The van der Waals surface area contributed by atoms with Gasteiger partial charge in [-0.2, -0.15) is 0 Å². The molecule has 1 N–H and O–H groups in total. The van der Waals surface area contributed by atoms with Crippen molar-refractivity contribution < 1.29 is 9.90 Å². The predicted octanol–water partition coefficient (Wildman–Crippen LogP) is 4.33. The number of hydrogen-bond acceptors (Lipinski definition) is 4. The number of halogens is 1. The van der Waals surface area contributed by atoms with Crippen LogP contribution in [0.5, 0.6) is 0 Å². The van der Waals surface area contributed by atoms with E-state index >= 15 is 0 Å². The molecule has 0 amide bonds. The van der Waals surface area contributed by atoms with Crippen LogP contribution in [-0.4, -0.2) is 21.0 Å². The summed E-state index contributed by atoms with van der Waals surface area (Å²) in [7, 11) is 0. The number of hydrogen-bond donors (Lipinski definition) is 1. The Balaban J connectivity index is 2.34. The topological polar surface area (TPSA) is 63.1 Å². The molecule has 3 rings (SSSR count). The Morgan fingerprint density at radius 2 is 2.00 bits per heavy atom. The zero-order chi connectivity index (χ0) is 15.1. The molecule has 0 radical (unpaired) electrons. The highest BCUT2D eigenvalue weighted by Crippen LogP contribution is 2.32. The number of aromatic carboxylic acids is 1. The third kappa shape index (κ3) is 2.50. The Morgan fingerprint density at radius 3 is 2.62 bits per heavy atom. The number of thiazole rings is 1. The molecule has 106 valence electrons. The van der Waals surface area contributed by atoms with Gasteiger partial charge in [0, 0.05) is 10.4 Å². The molecule has 2 heterocycles. The predicted molar refractivity (Wildman–Crippen MR) is 84.3 cm³/mol. The van der Waals surface area contributed by atoms with Crippen LogP contribution in [0, 0.1) is 13.8 Å². The van der Waals surface area contributed by atoms with Gasteiger partial charge in [0.15, 0.2) is 0 Å². The number of carboxylic acid groups (broad SMARTS) is 1. The number of nitrogens with zero attached hydrogens (tertiary/aromatic N) is 2. The van der Waals surface area contributed by atoms with E-state index < -0.39 is 5.97 Å². The van der Waals surface area contributed by atoms with Crippen LogP contribution in [0.3, 0.4) is 0 Å². The first-order valence-corrected chi connectivity index (χ1v) is 7.43. The minimum atomic E-state index is -0.982. The quantitative estimate of drug-likeness (QED) is 0.764. The maximum atomic E-state index is 11.5. The van der Waals surface area contributed by atoms with Gasteiger partial charge in [-0.25, -0.2) is 14.8 Å². The van der Waals surface area contributed by atoms with Gasteiger partial charge in [0.1, 0.15) is 0 Å². The number of benzene rings is 1. The third-order valence-electron chi connectivity index (χ3n) is 3.14. The molecule has 21 heavy (non-hydrogen) atoms. The molecule has 3 aromatic rings. The number of carboxylic acids is 1. The van der Waals surface area contributed by atoms with Crippen LogP contribution in [0.1, 0.15) is 21.1 Å². The summed E-state index contributed by atoms with van der Waals surface area (Å²) in [6, 6.07) is 6.62. The van der Waals surface area contributed by atoms with Crippen molar-refractivity contribution in [1.29, 1.82) is 0 Å². The zero-order valence-corrected chi connectivity index (χ0v) is 12.9. The summed E-state index contributed by atoms with van der Waals surface area (Å²) >= 11 is 7.49. The molecule has 2 aromatic heterocycles. The Morgan fingerprint density at radius 1 is 1.24 bits per heavy atom. The molecule has 0 bridgehead atoms. The van der Waals surface area contributed by atoms with Gasteiger partial charge in [-0.3, -0.25) is 0 Å². The number of pyridine rings is 1. The summed E-state index contributed by atoms with van der Waals surface area (Å²) in [5.41, 5.74) is 2.26. The zero-order valence-electron chi connectivity index (χ0n) is 11.3.